The molecule has 4 aromatic rings. The van der Waals surface area contributed by atoms with E-state index in [1.165, 1.54) is 12.1 Å². The number of halogens is 2. The van der Waals surface area contributed by atoms with Crippen molar-refractivity contribution in [2.75, 3.05) is 13.1 Å². The van der Waals surface area contributed by atoms with Crippen LogP contribution in [0.4, 0.5) is 4.39 Å². The summed E-state index contributed by atoms with van der Waals surface area (Å²) in [5.41, 5.74) is 2.70. The molecule has 1 saturated heterocycles. The summed E-state index contributed by atoms with van der Waals surface area (Å²) >= 11 is 6.02. The Bertz CT molecular complexity index is 1370. The van der Waals surface area contributed by atoms with Crippen LogP contribution in [0.15, 0.2) is 73.6 Å². The Labute approximate surface area is 201 Å². The van der Waals surface area contributed by atoms with Crippen molar-refractivity contribution in [2.24, 2.45) is 0 Å². The summed E-state index contributed by atoms with van der Waals surface area (Å²) in [5.74, 6) is 0.186. The molecule has 34 heavy (non-hydrogen) atoms. The second kappa shape index (κ2) is 9.27. The zero-order valence-electron chi connectivity index (χ0n) is 18.3. The highest BCUT2D eigenvalue weighted by Crippen LogP contribution is 2.36. The second-order valence-corrected chi connectivity index (χ2v) is 8.53. The maximum absolute atomic E-state index is 13.7. The largest absolute Gasteiger partial charge is 0.456 e. The van der Waals surface area contributed by atoms with Crippen LogP contribution >= 0.6 is 11.6 Å². The fourth-order valence-corrected chi connectivity index (χ4v) is 4.52. The lowest BCUT2D eigenvalue weighted by atomic mass is 10.0. The van der Waals surface area contributed by atoms with Gasteiger partial charge in [-0.05, 0) is 61.4 Å². The first-order valence-corrected chi connectivity index (χ1v) is 11.4. The predicted octanol–water partition coefficient (Wildman–Crippen LogP) is 6.03. The number of pyridine rings is 1. The number of fused-ring (bicyclic) bond motifs is 1. The number of piperidine rings is 1. The molecule has 5 rings (SSSR count). The Kier molecular flexibility index (Phi) is 6.02. The minimum atomic E-state index is -0.532. The first-order chi connectivity index (χ1) is 16.5. The minimum Gasteiger partial charge on any atom is -0.456 e. The molecule has 0 bridgehead atoms. The summed E-state index contributed by atoms with van der Waals surface area (Å²) in [7, 11) is 0. The lowest BCUT2D eigenvalue weighted by Gasteiger charge is -2.33. The maximum atomic E-state index is 13.7. The average Bonchev–Trinajstić information content (AvgIpc) is 3.26. The third-order valence-electron chi connectivity index (χ3n) is 6.00. The van der Waals surface area contributed by atoms with Gasteiger partial charge in [-0.15, -0.1) is 0 Å². The zero-order chi connectivity index (χ0) is 23.7. The lowest BCUT2D eigenvalue weighted by Crippen LogP contribution is -2.40. The van der Waals surface area contributed by atoms with Gasteiger partial charge in [-0.1, -0.05) is 24.2 Å². The molecule has 6 nitrogen and oxygen atoms in total. The molecule has 0 unspecified atom stereocenters. The number of amides is 1. The molecule has 2 aromatic carbocycles. The molecular weight excluding hydrogens is 455 g/mol. The molecule has 0 spiro atoms. The molecule has 1 fully saturated rings. The average molecular weight is 477 g/mol. The molecule has 1 aliphatic rings. The highest BCUT2D eigenvalue weighted by atomic mass is 35.5. The Morgan fingerprint density at radius 2 is 2.03 bits per heavy atom. The smallest absolute Gasteiger partial charge is 0.246 e. The number of aromatic nitrogens is 3. The van der Waals surface area contributed by atoms with E-state index < -0.39 is 5.82 Å². The van der Waals surface area contributed by atoms with Crippen LogP contribution in [0.3, 0.4) is 0 Å². The summed E-state index contributed by atoms with van der Waals surface area (Å²) in [4.78, 5) is 18.3. The van der Waals surface area contributed by atoms with Crippen LogP contribution in [-0.4, -0.2) is 38.7 Å². The van der Waals surface area contributed by atoms with E-state index in [2.05, 4.69) is 11.6 Å². The van der Waals surface area contributed by atoms with E-state index in [4.69, 9.17) is 21.4 Å². The van der Waals surface area contributed by atoms with Crippen molar-refractivity contribution in [3.63, 3.8) is 0 Å². The normalized spacial score (nSPS) is 15.9. The molecule has 0 saturated carbocycles. The van der Waals surface area contributed by atoms with Crippen molar-refractivity contribution >= 4 is 28.4 Å². The topological polar surface area (TPSA) is 60.2 Å². The molecule has 1 amide bonds. The SMILES string of the molecule is C=CC(=O)N1CCC[C@H](n2nc3ccncc3c2-c2ccc(Oc3cccc(F)c3Cl)cc2)C1. The number of nitrogens with zero attached hydrogens (tertiary/aromatic N) is 4. The maximum Gasteiger partial charge on any atom is 0.246 e. The van der Waals surface area contributed by atoms with E-state index in [0.29, 0.717) is 18.8 Å². The van der Waals surface area contributed by atoms with Crippen molar-refractivity contribution in [1.29, 1.82) is 0 Å². The molecule has 2 aromatic heterocycles. The fourth-order valence-electron chi connectivity index (χ4n) is 4.35. The van der Waals surface area contributed by atoms with E-state index in [1.807, 2.05) is 39.9 Å². The molecule has 1 aliphatic heterocycles. The van der Waals surface area contributed by atoms with E-state index in [9.17, 15) is 9.18 Å². The quantitative estimate of drug-likeness (QED) is 0.330. The summed E-state index contributed by atoms with van der Waals surface area (Å²) in [6, 6.07) is 13.8. The van der Waals surface area contributed by atoms with Gasteiger partial charge in [-0.2, -0.15) is 5.10 Å². The molecule has 172 valence electrons. The third kappa shape index (κ3) is 4.15. The summed E-state index contributed by atoms with van der Waals surface area (Å²) in [5, 5.41) is 5.74. The summed E-state index contributed by atoms with van der Waals surface area (Å²) < 4.78 is 21.5. The Hall–Kier alpha value is -3.71. The molecule has 0 aliphatic carbocycles. The Balaban J connectivity index is 1.50. The van der Waals surface area contributed by atoms with E-state index in [0.717, 1.165) is 35.0 Å². The molecule has 3 heterocycles. The van der Waals surface area contributed by atoms with Gasteiger partial charge in [0.05, 0.1) is 17.3 Å². The Morgan fingerprint density at radius 1 is 1.21 bits per heavy atom. The van der Waals surface area contributed by atoms with Crippen molar-refractivity contribution in [3.05, 3.63) is 84.4 Å². The lowest BCUT2D eigenvalue weighted by molar-refractivity contribution is -0.127. The van der Waals surface area contributed by atoms with E-state index in [-0.39, 0.29) is 22.7 Å². The van der Waals surface area contributed by atoms with Gasteiger partial charge in [0.15, 0.2) is 0 Å². The number of carbonyl (C=O) groups excluding carboxylic acids is 1. The van der Waals surface area contributed by atoms with Gasteiger partial charge >= 0.3 is 0 Å². The predicted molar refractivity (Wildman–Crippen MR) is 129 cm³/mol. The number of ether oxygens (including phenoxy) is 1. The van der Waals surface area contributed by atoms with Crippen LogP contribution in [-0.2, 0) is 4.79 Å². The van der Waals surface area contributed by atoms with Crippen molar-refractivity contribution < 1.29 is 13.9 Å². The van der Waals surface area contributed by atoms with E-state index in [1.54, 1.807) is 24.5 Å². The number of benzene rings is 2. The second-order valence-electron chi connectivity index (χ2n) is 8.15. The first-order valence-electron chi connectivity index (χ1n) is 11.0. The van der Waals surface area contributed by atoms with E-state index >= 15 is 0 Å². The van der Waals surface area contributed by atoms with Gasteiger partial charge in [0, 0.05) is 36.4 Å². The molecule has 0 N–H and O–H groups in total. The highest BCUT2D eigenvalue weighted by molar-refractivity contribution is 6.32. The van der Waals surface area contributed by atoms with Crippen LogP contribution in [0.2, 0.25) is 5.02 Å². The monoisotopic (exact) mass is 476 g/mol. The van der Waals surface area contributed by atoms with Crippen LogP contribution in [0.1, 0.15) is 18.9 Å². The molecule has 1 atom stereocenters. The summed E-state index contributed by atoms with van der Waals surface area (Å²) in [6.45, 7) is 4.90. The van der Waals surface area contributed by atoms with Gasteiger partial charge in [0.25, 0.3) is 0 Å². The number of hydrogen-bond donors (Lipinski definition) is 0. The Morgan fingerprint density at radius 3 is 2.82 bits per heavy atom. The minimum absolute atomic E-state index is 0.0297. The van der Waals surface area contributed by atoms with Crippen molar-refractivity contribution in [1.82, 2.24) is 19.7 Å². The van der Waals surface area contributed by atoms with Gasteiger partial charge in [-0.3, -0.25) is 14.5 Å². The van der Waals surface area contributed by atoms with Crippen LogP contribution in [0.5, 0.6) is 11.5 Å². The van der Waals surface area contributed by atoms with Gasteiger partial charge in [-0.25, -0.2) is 4.39 Å². The molecular formula is C26H22ClFN4O2. The van der Waals surface area contributed by atoms with Crippen molar-refractivity contribution in [3.8, 4) is 22.8 Å². The van der Waals surface area contributed by atoms with Crippen LogP contribution < -0.4 is 4.74 Å². The molecule has 8 heteroatoms. The number of rotatable bonds is 5. The van der Waals surface area contributed by atoms with Gasteiger partial charge < -0.3 is 9.64 Å². The summed E-state index contributed by atoms with van der Waals surface area (Å²) in [6.07, 6.45) is 6.68. The van der Waals surface area contributed by atoms with Crippen molar-refractivity contribution in [2.45, 2.75) is 18.9 Å². The number of hydrogen-bond acceptors (Lipinski definition) is 4. The number of likely N-dealkylation sites (tertiary alicyclic amines) is 1. The molecule has 0 radical (unpaired) electrons. The van der Waals surface area contributed by atoms with Crippen LogP contribution in [0.25, 0.3) is 22.2 Å². The van der Waals surface area contributed by atoms with Crippen LogP contribution in [0, 0.1) is 5.82 Å². The number of carbonyl (C=O) groups is 1. The standard InChI is InChI=1S/C26H22ClFN4O2/c1-2-24(33)31-14-4-5-18(16-31)32-26(20-15-29-13-12-22(20)30-32)17-8-10-19(11-9-17)34-23-7-3-6-21(28)25(23)27/h2-3,6-13,15,18H,1,4-5,14,16H2/t18-/m0/s1. The van der Waals surface area contributed by atoms with Gasteiger partial charge in [0.2, 0.25) is 5.91 Å². The fraction of sp³-hybridized carbons (Fsp3) is 0.192. The highest BCUT2D eigenvalue weighted by Gasteiger charge is 2.27. The third-order valence-corrected chi connectivity index (χ3v) is 6.36. The zero-order valence-corrected chi connectivity index (χ0v) is 19.1. The first kappa shape index (κ1) is 22.1. The van der Waals surface area contributed by atoms with Gasteiger partial charge in [0.1, 0.15) is 22.3 Å².